The summed E-state index contributed by atoms with van der Waals surface area (Å²) in [5.74, 6) is 1.47. The number of hydrogen-bond acceptors (Lipinski definition) is 3. The van der Waals surface area contributed by atoms with Crippen molar-refractivity contribution < 1.29 is 4.79 Å². The highest BCUT2D eigenvalue weighted by atomic mass is 16.2. The summed E-state index contributed by atoms with van der Waals surface area (Å²) in [7, 11) is 4.41. The van der Waals surface area contributed by atoms with Crippen LogP contribution in [0.25, 0.3) is 0 Å². The first-order valence-electron chi connectivity index (χ1n) is 11.4. The van der Waals surface area contributed by atoms with Crippen LogP contribution in [0, 0.1) is 11.8 Å². The Morgan fingerprint density at radius 1 is 0.867 bits per heavy atom. The molecule has 0 radical (unpaired) electrons. The Morgan fingerprint density at radius 2 is 1.50 bits per heavy atom. The molecule has 0 spiro atoms. The van der Waals surface area contributed by atoms with Crippen LogP contribution in [0.5, 0.6) is 0 Å². The number of carbonyl (C=O) groups is 1. The molecule has 4 heteroatoms. The van der Waals surface area contributed by atoms with Gasteiger partial charge in [-0.2, -0.15) is 0 Å². The van der Waals surface area contributed by atoms with E-state index >= 15 is 0 Å². The van der Waals surface area contributed by atoms with Gasteiger partial charge in [0.25, 0.3) is 0 Å². The molecule has 158 valence electrons. The average molecular weight is 404 g/mol. The summed E-state index contributed by atoms with van der Waals surface area (Å²) in [5.41, 5.74) is 2.23. The minimum Gasteiger partial charge on any atom is -0.341 e. The molecule has 0 unspecified atom stereocenters. The molecular weight excluding hydrogens is 370 g/mol. The molecule has 0 aromatic heterocycles. The molecule has 1 amide bonds. The summed E-state index contributed by atoms with van der Waals surface area (Å²) in [6.45, 7) is 4.84. The highest BCUT2D eigenvalue weighted by Crippen LogP contribution is 2.46. The Labute approximate surface area is 180 Å². The van der Waals surface area contributed by atoms with Gasteiger partial charge in [0, 0.05) is 31.6 Å². The van der Waals surface area contributed by atoms with Crippen molar-refractivity contribution in [3.8, 4) is 0 Å². The molecule has 0 saturated carbocycles. The molecule has 2 aromatic carbocycles. The van der Waals surface area contributed by atoms with E-state index in [1.807, 2.05) is 0 Å². The molecule has 5 rings (SSSR count). The van der Waals surface area contributed by atoms with Gasteiger partial charge in [-0.05, 0) is 57.1 Å². The summed E-state index contributed by atoms with van der Waals surface area (Å²) < 4.78 is 0. The van der Waals surface area contributed by atoms with Crippen molar-refractivity contribution in [2.24, 2.45) is 11.8 Å². The lowest BCUT2D eigenvalue weighted by Gasteiger charge is -2.42. The predicted octanol–water partition coefficient (Wildman–Crippen LogP) is 3.41. The lowest BCUT2D eigenvalue weighted by Crippen LogP contribution is -2.52. The van der Waals surface area contributed by atoms with E-state index in [1.165, 1.54) is 11.1 Å². The maximum absolute atomic E-state index is 14.1. The lowest BCUT2D eigenvalue weighted by molar-refractivity contribution is -0.138. The molecule has 30 heavy (non-hydrogen) atoms. The van der Waals surface area contributed by atoms with E-state index in [1.54, 1.807) is 0 Å². The minimum absolute atomic E-state index is 0.361. The zero-order chi connectivity index (χ0) is 20.7. The van der Waals surface area contributed by atoms with Crippen LogP contribution in [0.15, 0.2) is 60.7 Å². The van der Waals surface area contributed by atoms with Gasteiger partial charge in [0.15, 0.2) is 0 Å². The number of benzene rings is 2. The van der Waals surface area contributed by atoms with Crippen molar-refractivity contribution in [2.75, 3.05) is 46.8 Å². The van der Waals surface area contributed by atoms with Crippen LogP contribution >= 0.6 is 0 Å². The van der Waals surface area contributed by atoms with Gasteiger partial charge in [0.1, 0.15) is 0 Å². The van der Waals surface area contributed by atoms with Gasteiger partial charge in [-0.25, -0.2) is 0 Å². The molecule has 0 N–H and O–H groups in total. The maximum Gasteiger partial charge on any atom is 0.233 e. The summed E-state index contributed by atoms with van der Waals surface area (Å²) in [6.07, 6.45) is 1.83. The van der Waals surface area contributed by atoms with Gasteiger partial charge in [-0.15, -0.1) is 0 Å². The fraction of sp³-hybridized carbons (Fsp3) is 0.500. The molecular formula is C26H33N3O. The number of likely N-dealkylation sites (tertiary alicyclic amines) is 3. The van der Waals surface area contributed by atoms with Crippen LogP contribution in [0.1, 0.15) is 30.0 Å². The first-order valence-corrected chi connectivity index (χ1v) is 11.4. The molecule has 4 nitrogen and oxygen atoms in total. The summed E-state index contributed by atoms with van der Waals surface area (Å²) in [5, 5.41) is 0. The predicted molar refractivity (Wildman–Crippen MR) is 120 cm³/mol. The molecule has 0 bridgehead atoms. The fourth-order valence-corrected chi connectivity index (χ4v) is 6.26. The second-order valence-electron chi connectivity index (χ2n) is 9.68. The zero-order valence-corrected chi connectivity index (χ0v) is 18.2. The Bertz CT molecular complexity index is 876. The minimum atomic E-state index is -0.361. The zero-order valence-electron chi connectivity index (χ0n) is 18.2. The van der Waals surface area contributed by atoms with Gasteiger partial charge < -0.3 is 9.80 Å². The van der Waals surface area contributed by atoms with Crippen LogP contribution in [0.3, 0.4) is 0 Å². The smallest absolute Gasteiger partial charge is 0.233 e. The maximum atomic E-state index is 14.1. The Morgan fingerprint density at radius 3 is 2.17 bits per heavy atom. The van der Waals surface area contributed by atoms with E-state index in [4.69, 9.17) is 0 Å². The van der Waals surface area contributed by atoms with E-state index in [9.17, 15) is 4.79 Å². The molecule has 3 saturated heterocycles. The van der Waals surface area contributed by atoms with Gasteiger partial charge in [-0.3, -0.25) is 9.69 Å². The molecule has 3 heterocycles. The van der Waals surface area contributed by atoms with Crippen molar-refractivity contribution in [2.45, 2.75) is 24.3 Å². The van der Waals surface area contributed by atoms with Gasteiger partial charge >= 0.3 is 0 Å². The van der Waals surface area contributed by atoms with E-state index < -0.39 is 0 Å². The second kappa shape index (κ2) is 7.82. The second-order valence-corrected chi connectivity index (χ2v) is 9.68. The number of amides is 1. The largest absolute Gasteiger partial charge is 0.341 e. The molecule has 3 atom stereocenters. The van der Waals surface area contributed by atoms with Gasteiger partial charge in [0.05, 0.1) is 5.41 Å². The number of piperidine rings is 1. The molecule has 3 aliphatic rings. The average Bonchev–Trinajstić information content (AvgIpc) is 3.32. The number of hydrogen-bond donors (Lipinski definition) is 0. The Hall–Kier alpha value is -2.17. The third-order valence-electron chi connectivity index (χ3n) is 7.90. The van der Waals surface area contributed by atoms with E-state index in [-0.39, 0.29) is 5.41 Å². The molecule has 3 fully saturated rings. The van der Waals surface area contributed by atoms with Crippen LogP contribution < -0.4 is 0 Å². The fourth-order valence-electron chi connectivity index (χ4n) is 6.26. The monoisotopic (exact) mass is 403 g/mol. The summed E-state index contributed by atoms with van der Waals surface area (Å²) in [4.78, 5) is 21.1. The molecule has 3 aliphatic heterocycles. The summed E-state index contributed by atoms with van der Waals surface area (Å²) >= 11 is 0. The number of rotatable bonds is 3. The van der Waals surface area contributed by atoms with Crippen molar-refractivity contribution in [3.05, 3.63) is 71.8 Å². The quantitative estimate of drug-likeness (QED) is 0.786. The van der Waals surface area contributed by atoms with Gasteiger partial charge in [-0.1, -0.05) is 60.7 Å². The van der Waals surface area contributed by atoms with Crippen molar-refractivity contribution in [1.82, 2.24) is 14.7 Å². The van der Waals surface area contributed by atoms with Crippen LogP contribution in [0.2, 0.25) is 0 Å². The van der Waals surface area contributed by atoms with Crippen LogP contribution in [-0.2, 0) is 10.2 Å². The first kappa shape index (κ1) is 19.8. The molecule has 2 aromatic rings. The normalized spacial score (nSPS) is 29.1. The number of fused-ring (bicyclic) bond motifs is 1. The van der Waals surface area contributed by atoms with Gasteiger partial charge in [0.2, 0.25) is 5.91 Å². The van der Waals surface area contributed by atoms with E-state index in [0.717, 1.165) is 45.6 Å². The first-order chi connectivity index (χ1) is 14.6. The molecule has 0 aliphatic carbocycles. The number of nitrogens with zero attached hydrogens (tertiary/aromatic N) is 3. The standard InChI is InChI=1S/C26H33N3O/c1-27-15-13-26(14-16-27,22-11-7-4-8-12-22)25(30)29-18-21-17-28(2)24(23(21)19-29)20-9-5-3-6-10-20/h3-12,21,23-24H,13-19H2,1-2H3/t21-,23+,24-/m0/s1. The van der Waals surface area contributed by atoms with E-state index in [2.05, 4.69) is 89.5 Å². The third-order valence-corrected chi connectivity index (χ3v) is 7.90. The lowest BCUT2D eigenvalue weighted by atomic mass is 9.71. The van der Waals surface area contributed by atoms with E-state index in [0.29, 0.717) is 23.8 Å². The number of carbonyl (C=O) groups excluding carboxylic acids is 1. The Kier molecular flexibility index (Phi) is 5.16. The van der Waals surface area contributed by atoms with Crippen LogP contribution in [-0.4, -0.2) is 67.4 Å². The SMILES string of the molecule is CN1CCC(C(=O)N2C[C@@H]3CN(C)[C@@H](c4ccccc4)[C@@H]3C2)(c2ccccc2)CC1. The highest BCUT2D eigenvalue weighted by molar-refractivity contribution is 5.89. The Balaban J connectivity index is 1.41. The third kappa shape index (κ3) is 3.27. The van der Waals surface area contributed by atoms with Crippen molar-refractivity contribution >= 4 is 5.91 Å². The summed E-state index contributed by atoms with van der Waals surface area (Å²) in [6, 6.07) is 21.8. The van der Waals surface area contributed by atoms with Crippen molar-refractivity contribution in [1.29, 1.82) is 0 Å². The highest BCUT2D eigenvalue weighted by Gasteiger charge is 2.51. The topological polar surface area (TPSA) is 26.8 Å². The van der Waals surface area contributed by atoms with Crippen LogP contribution in [0.4, 0.5) is 0 Å². The van der Waals surface area contributed by atoms with Crippen molar-refractivity contribution in [3.63, 3.8) is 0 Å².